The Morgan fingerprint density at radius 1 is 0.783 bits per heavy atom. The number of hydrogen-bond donors (Lipinski definition) is 1. The zero-order chi connectivity index (χ0) is 17.0. The van der Waals surface area contributed by atoms with Gasteiger partial charge in [0, 0.05) is 0 Å². The highest BCUT2D eigenvalue weighted by molar-refractivity contribution is 6.39. The molecule has 0 amide bonds. The topological polar surface area (TPSA) is 121 Å². The second kappa shape index (κ2) is 9.41. The Hall–Kier alpha value is -0.900. The van der Waals surface area contributed by atoms with Crippen LogP contribution in [0.3, 0.4) is 0 Å². The van der Waals surface area contributed by atoms with E-state index in [4.69, 9.17) is 75.3 Å². The van der Waals surface area contributed by atoms with E-state index in [1.165, 1.54) is 0 Å². The molecule has 2 rings (SSSR count). The van der Waals surface area contributed by atoms with E-state index in [-0.39, 0.29) is 44.3 Å². The van der Waals surface area contributed by atoms with E-state index in [9.17, 15) is 10.1 Å². The van der Waals surface area contributed by atoms with Gasteiger partial charge in [-0.2, -0.15) is 9.97 Å². The number of rotatable bonds is 1. The molecule has 0 saturated carbocycles. The van der Waals surface area contributed by atoms with Gasteiger partial charge in [-0.1, -0.05) is 53.8 Å². The number of nitrogens with two attached hydrogens (primary N) is 1. The van der Waals surface area contributed by atoms with Gasteiger partial charge in [0.15, 0.2) is 10.3 Å². The lowest BCUT2D eigenvalue weighted by Gasteiger charge is -1.97. The van der Waals surface area contributed by atoms with Crippen LogP contribution in [0.1, 0.15) is 7.43 Å². The van der Waals surface area contributed by atoms with E-state index >= 15 is 0 Å². The molecular formula is C9H6Cl6N6O2. The fourth-order valence-electron chi connectivity index (χ4n) is 0.921. The monoisotopic (exact) mass is 440 g/mol. The molecule has 2 aromatic heterocycles. The Kier molecular flexibility index (Phi) is 9.04. The van der Waals surface area contributed by atoms with Crippen LogP contribution in [-0.2, 0) is 0 Å². The van der Waals surface area contributed by atoms with E-state index in [0.29, 0.717) is 0 Å². The molecule has 0 atom stereocenters. The maximum absolute atomic E-state index is 10.3. The molecule has 8 nitrogen and oxygen atoms in total. The first-order valence-electron chi connectivity index (χ1n) is 4.80. The van der Waals surface area contributed by atoms with Crippen molar-refractivity contribution < 1.29 is 4.92 Å². The summed E-state index contributed by atoms with van der Waals surface area (Å²) >= 11 is 32.4. The molecule has 0 unspecified atom stereocenters. The Balaban J connectivity index is 0.000000409. The first-order chi connectivity index (χ1) is 10.1. The van der Waals surface area contributed by atoms with Crippen LogP contribution in [0, 0.1) is 10.1 Å². The molecule has 0 saturated heterocycles. The quantitative estimate of drug-likeness (QED) is 0.285. The number of nitrogens with zero attached hydrogens (tertiary/aromatic N) is 5. The second-order valence-corrected chi connectivity index (χ2v) is 5.28. The van der Waals surface area contributed by atoms with E-state index in [2.05, 4.69) is 19.9 Å². The molecule has 0 aliphatic heterocycles. The third kappa shape index (κ3) is 6.25. The fraction of sp³-hybridized carbons (Fsp3) is 0.111. The van der Waals surface area contributed by atoms with Crippen LogP contribution in [0.5, 0.6) is 0 Å². The third-order valence-corrected chi connectivity index (χ3v) is 3.22. The van der Waals surface area contributed by atoms with Gasteiger partial charge >= 0.3 is 5.69 Å². The number of halogens is 6. The molecule has 2 aromatic rings. The second-order valence-electron chi connectivity index (χ2n) is 3.17. The smallest absolute Gasteiger partial charge is 0.343 e. The maximum Gasteiger partial charge on any atom is 0.343 e. The zero-order valence-corrected chi connectivity index (χ0v) is 14.4. The average Bonchev–Trinajstić information content (AvgIpc) is 2.34. The van der Waals surface area contributed by atoms with E-state index in [0.717, 1.165) is 0 Å². The molecule has 0 aliphatic rings. The molecule has 14 heteroatoms. The molecule has 126 valence electrons. The van der Waals surface area contributed by atoms with Crippen molar-refractivity contribution in [3.8, 4) is 0 Å². The Labute approximate surface area is 160 Å². The summed E-state index contributed by atoms with van der Waals surface area (Å²) in [5.74, 6) is 0. The van der Waals surface area contributed by atoms with Gasteiger partial charge in [0.2, 0.25) is 20.9 Å². The summed E-state index contributed by atoms with van der Waals surface area (Å²) < 4.78 is 0. The molecule has 0 aromatic carbocycles. The summed E-state index contributed by atoms with van der Waals surface area (Å²) in [5.41, 5.74) is 4.91. The van der Waals surface area contributed by atoms with Crippen molar-refractivity contribution >= 4 is 81.0 Å². The van der Waals surface area contributed by atoms with Gasteiger partial charge in [-0.3, -0.25) is 10.1 Å². The molecule has 2 heterocycles. The van der Waals surface area contributed by atoms with Crippen molar-refractivity contribution in [3.05, 3.63) is 41.3 Å². The van der Waals surface area contributed by atoms with E-state index < -0.39 is 10.6 Å². The van der Waals surface area contributed by atoms with Gasteiger partial charge in [-0.05, 0) is 23.2 Å². The highest BCUT2D eigenvalue weighted by Crippen LogP contribution is 2.29. The summed E-state index contributed by atoms with van der Waals surface area (Å²) in [7, 11) is 0. The summed E-state index contributed by atoms with van der Waals surface area (Å²) in [6.07, 6.45) is 0. The summed E-state index contributed by atoms with van der Waals surface area (Å²) in [6, 6.07) is 0. The van der Waals surface area contributed by atoms with Crippen LogP contribution in [-0.4, -0.2) is 24.9 Å². The first-order valence-corrected chi connectivity index (χ1v) is 7.07. The van der Waals surface area contributed by atoms with Crippen LogP contribution in [0.2, 0.25) is 31.2 Å². The van der Waals surface area contributed by atoms with Crippen molar-refractivity contribution in [3.63, 3.8) is 0 Å². The van der Waals surface area contributed by atoms with Gasteiger partial charge in [0.25, 0.3) is 0 Å². The lowest BCUT2D eigenvalue weighted by atomic mass is 10.5. The number of nitro groups is 1. The molecule has 0 aliphatic carbocycles. The minimum absolute atomic E-state index is 0. The van der Waals surface area contributed by atoms with Crippen molar-refractivity contribution in [1.82, 2.24) is 19.9 Å². The highest BCUT2D eigenvalue weighted by Gasteiger charge is 2.21. The van der Waals surface area contributed by atoms with Gasteiger partial charge < -0.3 is 5.73 Å². The highest BCUT2D eigenvalue weighted by atomic mass is 35.5. The Morgan fingerprint density at radius 3 is 1.39 bits per heavy atom. The van der Waals surface area contributed by atoms with Gasteiger partial charge in [0.05, 0.1) is 4.92 Å². The average molecular weight is 443 g/mol. The molecule has 2 N–H and O–H groups in total. The molecule has 0 radical (unpaired) electrons. The predicted octanol–water partition coefficient (Wildman–Crippen LogP) is 5.00. The van der Waals surface area contributed by atoms with Gasteiger partial charge in [-0.25, -0.2) is 9.97 Å². The fourth-order valence-corrected chi connectivity index (χ4v) is 2.35. The number of nitrogen functional groups attached to an aromatic ring is 1. The molecule has 0 spiro atoms. The first kappa shape index (κ1) is 22.1. The van der Waals surface area contributed by atoms with Crippen molar-refractivity contribution in [1.29, 1.82) is 0 Å². The van der Waals surface area contributed by atoms with Crippen LogP contribution in [0.25, 0.3) is 0 Å². The standard InChI is InChI=1S/C4Cl3N3O2.C4H2Cl3N3.CH4/c5-2-1(10(11)12)3(6)9-4(7)8-2;5-2-1(8)3(6)10-4(7)9-2;/h;8H2;1H4. The van der Waals surface area contributed by atoms with Gasteiger partial charge in [-0.15, -0.1) is 0 Å². The molecule has 0 fully saturated rings. The van der Waals surface area contributed by atoms with E-state index in [1.54, 1.807) is 0 Å². The molecular weight excluding hydrogens is 437 g/mol. The van der Waals surface area contributed by atoms with Crippen molar-refractivity contribution in [2.75, 3.05) is 5.73 Å². The van der Waals surface area contributed by atoms with Crippen LogP contribution in [0.4, 0.5) is 11.4 Å². The Bertz CT molecular complexity index is 684. The number of hydrogen-bond acceptors (Lipinski definition) is 7. The minimum atomic E-state index is -0.777. The minimum Gasteiger partial charge on any atom is -0.394 e. The van der Waals surface area contributed by atoms with Crippen LogP contribution < -0.4 is 5.73 Å². The lowest BCUT2D eigenvalue weighted by molar-refractivity contribution is -0.385. The summed E-state index contributed by atoms with van der Waals surface area (Å²) in [6.45, 7) is 0. The van der Waals surface area contributed by atoms with Crippen LogP contribution in [0.15, 0.2) is 0 Å². The summed E-state index contributed by atoms with van der Waals surface area (Å²) in [5, 5.41) is 9.44. The SMILES string of the molecule is C.Nc1c(Cl)nc(Cl)nc1Cl.O=[N+]([O-])c1c(Cl)nc(Cl)nc1Cl. The lowest BCUT2D eigenvalue weighted by Crippen LogP contribution is -1.95. The molecule has 0 bridgehead atoms. The van der Waals surface area contributed by atoms with E-state index in [1.807, 2.05) is 0 Å². The Morgan fingerprint density at radius 2 is 1.09 bits per heavy atom. The largest absolute Gasteiger partial charge is 0.394 e. The third-order valence-electron chi connectivity index (χ3n) is 1.78. The van der Waals surface area contributed by atoms with Crippen molar-refractivity contribution in [2.45, 2.75) is 7.43 Å². The predicted molar refractivity (Wildman–Crippen MR) is 91.9 cm³/mol. The number of aromatic nitrogens is 4. The summed E-state index contributed by atoms with van der Waals surface area (Å²) in [4.78, 5) is 23.3. The molecule has 23 heavy (non-hydrogen) atoms. The van der Waals surface area contributed by atoms with Gasteiger partial charge in [0.1, 0.15) is 5.69 Å². The number of anilines is 1. The normalized spacial score (nSPS) is 9.48. The van der Waals surface area contributed by atoms with Crippen LogP contribution >= 0.6 is 69.6 Å². The maximum atomic E-state index is 10.3. The zero-order valence-electron chi connectivity index (χ0n) is 9.90. The van der Waals surface area contributed by atoms with Crippen molar-refractivity contribution in [2.24, 2.45) is 0 Å².